The van der Waals surface area contributed by atoms with Crippen LogP contribution in [0.15, 0.2) is 133 Å². The highest BCUT2D eigenvalue weighted by atomic mass is 15.0. The molecule has 0 aliphatic rings. The molecule has 190 valence electrons. The average Bonchev–Trinajstić information content (AvgIpc) is 3.50. The lowest BCUT2D eigenvalue weighted by atomic mass is 9.96. The van der Waals surface area contributed by atoms with Gasteiger partial charge in [0.15, 0.2) is 0 Å². The first-order valence-electron chi connectivity index (χ1n) is 13.9. The van der Waals surface area contributed by atoms with Crippen molar-refractivity contribution in [3.05, 3.63) is 145 Å². The molecule has 0 atom stereocenters. The second kappa shape index (κ2) is 8.72. The van der Waals surface area contributed by atoms with Crippen molar-refractivity contribution in [2.45, 2.75) is 13.8 Å². The second-order valence-corrected chi connectivity index (χ2v) is 10.7. The summed E-state index contributed by atoms with van der Waals surface area (Å²) in [6.45, 7) is 4.45. The molecule has 0 bridgehead atoms. The molecular formula is C38H28N2. The zero-order valence-electron chi connectivity index (χ0n) is 22.6. The van der Waals surface area contributed by atoms with Gasteiger partial charge in [0.2, 0.25) is 0 Å². The van der Waals surface area contributed by atoms with Gasteiger partial charge in [-0.2, -0.15) is 0 Å². The summed E-state index contributed by atoms with van der Waals surface area (Å²) < 4.78 is 4.81. The summed E-state index contributed by atoms with van der Waals surface area (Å²) >= 11 is 0. The van der Waals surface area contributed by atoms with Gasteiger partial charge < -0.3 is 9.13 Å². The molecule has 8 rings (SSSR count). The summed E-state index contributed by atoms with van der Waals surface area (Å²) in [5, 5.41) is 5.15. The van der Waals surface area contributed by atoms with Crippen molar-refractivity contribution in [2.75, 3.05) is 0 Å². The maximum atomic E-state index is 2.41. The molecule has 0 radical (unpaired) electrons. The third-order valence-corrected chi connectivity index (χ3v) is 8.35. The topological polar surface area (TPSA) is 9.86 Å². The van der Waals surface area contributed by atoms with Crippen molar-refractivity contribution >= 4 is 43.6 Å². The Morgan fingerprint density at radius 3 is 1.80 bits per heavy atom. The van der Waals surface area contributed by atoms with E-state index in [-0.39, 0.29) is 0 Å². The van der Waals surface area contributed by atoms with E-state index in [4.69, 9.17) is 0 Å². The average molecular weight is 513 g/mol. The zero-order chi connectivity index (χ0) is 26.8. The van der Waals surface area contributed by atoms with Crippen molar-refractivity contribution < 1.29 is 0 Å². The van der Waals surface area contributed by atoms with E-state index in [1.165, 1.54) is 77.2 Å². The van der Waals surface area contributed by atoms with Gasteiger partial charge >= 0.3 is 0 Å². The summed E-state index contributed by atoms with van der Waals surface area (Å²) in [6.07, 6.45) is 0. The molecule has 2 heterocycles. The minimum absolute atomic E-state index is 1.18. The van der Waals surface area contributed by atoms with Gasteiger partial charge in [-0.3, -0.25) is 0 Å². The summed E-state index contributed by atoms with van der Waals surface area (Å²) in [7, 11) is 0. The molecule has 0 aliphatic heterocycles. The first-order valence-corrected chi connectivity index (χ1v) is 13.9. The van der Waals surface area contributed by atoms with Crippen LogP contribution < -0.4 is 0 Å². The SMILES string of the molecule is Cc1cc2c3ccccc3n(-c3ccccc3)c2cc1-c1ccc2c(c1)c1cccc(C)c1n2-c1ccccc1. The second-order valence-electron chi connectivity index (χ2n) is 10.7. The van der Waals surface area contributed by atoms with E-state index in [0.29, 0.717) is 0 Å². The summed E-state index contributed by atoms with van der Waals surface area (Å²) in [5.41, 5.74) is 12.4. The molecule has 0 saturated carbocycles. The molecule has 0 spiro atoms. The Hall–Kier alpha value is -5.08. The molecule has 2 aromatic heterocycles. The van der Waals surface area contributed by atoms with Gasteiger partial charge in [0.05, 0.1) is 22.1 Å². The van der Waals surface area contributed by atoms with Gasteiger partial charge in [-0.25, -0.2) is 0 Å². The molecule has 0 fully saturated rings. The van der Waals surface area contributed by atoms with Crippen LogP contribution in [0.4, 0.5) is 0 Å². The largest absolute Gasteiger partial charge is 0.309 e. The van der Waals surface area contributed by atoms with Crippen molar-refractivity contribution in [2.24, 2.45) is 0 Å². The Bertz CT molecular complexity index is 2210. The molecule has 0 saturated heterocycles. The smallest absolute Gasteiger partial charge is 0.0570 e. The fourth-order valence-electron chi connectivity index (χ4n) is 6.54. The number of benzene rings is 6. The van der Waals surface area contributed by atoms with Crippen molar-refractivity contribution in [3.63, 3.8) is 0 Å². The van der Waals surface area contributed by atoms with Crippen LogP contribution in [-0.4, -0.2) is 9.13 Å². The van der Waals surface area contributed by atoms with Crippen LogP contribution in [-0.2, 0) is 0 Å². The quantitative estimate of drug-likeness (QED) is 0.223. The molecule has 40 heavy (non-hydrogen) atoms. The molecule has 0 aliphatic carbocycles. The third-order valence-electron chi connectivity index (χ3n) is 8.35. The van der Waals surface area contributed by atoms with Gasteiger partial charge in [0.25, 0.3) is 0 Å². The standard InChI is InChI=1S/C38H28N2/c1-25-12-11-18-31-34-23-27(20-21-36(34)40(38(25)31)29-15-7-4-8-16-29)32-24-37-33(22-26(32)2)30-17-9-10-19-35(30)39(37)28-13-5-3-6-14-28/h3-24H,1-2H3. The Kier molecular flexibility index (Phi) is 4.99. The molecular weight excluding hydrogens is 484 g/mol. The Morgan fingerprint density at radius 2 is 1.02 bits per heavy atom. The van der Waals surface area contributed by atoms with E-state index in [1.807, 2.05) is 0 Å². The highest BCUT2D eigenvalue weighted by Gasteiger charge is 2.18. The first-order chi connectivity index (χ1) is 19.7. The number of rotatable bonds is 3. The number of para-hydroxylation sites is 4. The number of hydrogen-bond donors (Lipinski definition) is 0. The van der Waals surface area contributed by atoms with Crippen LogP contribution in [0.25, 0.3) is 66.1 Å². The lowest BCUT2D eigenvalue weighted by Gasteiger charge is -2.12. The van der Waals surface area contributed by atoms with Crippen LogP contribution in [0, 0.1) is 13.8 Å². The van der Waals surface area contributed by atoms with Crippen molar-refractivity contribution in [3.8, 4) is 22.5 Å². The van der Waals surface area contributed by atoms with Gasteiger partial charge in [-0.15, -0.1) is 0 Å². The predicted octanol–water partition coefficient (Wildman–Crippen LogP) is 10.2. The van der Waals surface area contributed by atoms with Crippen LogP contribution in [0.2, 0.25) is 0 Å². The van der Waals surface area contributed by atoms with Gasteiger partial charge in [0, 0.05) is 32.9 Å². The molecule has 2 nitrogen and oxygen atoms in total. The minimum atomic E-state index is 1.18. The van der Waals surface area contributed by atoms with E-state index in [0.717, 1.165) is 0 Å². The zero-order valence-corrected chi connectivity index (χ0v) is 22.6. The molecule has 0 N–H and O–H groups in total. The molecule has 8 aromatic rings. The summed E-state index contributed by atoms with van der Waals surface area (Å²) in [4.78, 5) is 0. The monoisotopic (exact) mass is 512 g/mol. The lowest BCUT2D eigenvalue weighted by molar-refractivity contribution is 1.17. The normalized spacial score (nSPS) is 11.8. The Labute approximate surface area is 233 Å². The third kappa shape index (κ3) is 3.29. The number of nitrogens with zero attached hydrogens (tertiary/aromatic N) is 2. The fraction of sp³-hybridized carbons (Fsp3) is 0.0526. The number of hydrogen-bond acceptors (Lipinski definition) is 0. The first kappa shape index (κ1) is 22.9. The highest BCUT2D eigenvalue weighted by Crippen LogP contribution is 2.40. The molecule has 6 aromatic carbocycles. The molecule has 2 heteroatoms. The van der Waals surface area contributed by atoms with E-state index >= 15 is 0 Å². The Balaban J connectivity index is 1.42. The van der Waals surface area contributed by atoms with Crippen LogP contribution in [0.3, 0.4) is 0 Å². The Morgan fingerprint density at radius 1 is 0.400 bits per heavy atom. The van der Waals surface area contributed by atoms with Crippen LogP contribution in [0.5, 0.6) is 0 Å². The predicted molar refractivity (Wildman–Crippen MR) is 170 cm³/mol. The van der Waals surface area contributed by atoms with Crippen LogP contribution in [0.1, 0.15) is 11.1 Å². The van der Waals surface area contributed by atoms with Gasteiger partial charge in [0.1, 0.15) is 0 Å². The van der Waals surface area contributed by atoms with E-state index in [9.17, 15) is 0 Å². The summed E-state index contributed by atoms with van der Waals surface area (Å²) in [5.74, 6) is 0. The van der Waals surface area contributed by atoms with E-state index in [1.54, 1.807) is 0 Å². The van der Waals surface area contributed by atoms with Gasteiger partial charge in [-0.1, -0.05) is 78.9 Å². The maximum Gasteiger partial charge on any atom is 0.0570 e. The molecule has 0 unspecified atom stereocenters. The minimum Gasteiger partial charge on any atom is -0.309 e. The van der Waals surface area contributed by atoms with Crippen LogP contribution >= 0.6 is 0 Å². The highest BCUT2D eigenvalue weighted by molar-refractivity contribution is 6.13. The van der Waals surface area contributed by atoms with Crippen molar-refractivity contribution in [1.82, 2.24) is 9.13 Å². The number of aromatic nitrogens is 2. The number of aryl methyl sites for hydroxylation is 2. The molecule has 0 amide bonds. The fourth-order valence-corrected chi connectivity index (χ4v) is 6.54. The van der Waals surface area contributed by atoms with Crippen molar-refractivity contribution in [1.29, 1.82) is 0 Å². The van der Waals surface area contributed by atoms with E-state index < -0.39 is 0 Å². The van der Waals surface area contributed by atoms with Gasteiger partial charge in [-0.05, 0) is 90.7 Å². The maximum absolute atomic E-state index is 2.41. The summed E-state index contributed by atoms with van der Waals surface area (Å²) in [6, 6.07) is 48.5. The van der Waals surface area contributed by atoms with E-state index in [2.05, 4.69) is 156 Å². The number of fused-ring (bicyclic) bond motifs is 6. The lowest BCUT2D eigenvalue weighted by Crippen LogP contribution is -1.95.